The standard InChI is InChI=1S/C24H19Cl2N3O2S/c1-16-27-28-24(32-15-23(30)18-7-12-21(25)22(26)13-18)29(16)19-8-10-20(11-9-19)31-14-17-5-3-2-4-6-17/h2-13H,14-15H2,1H3. The Labute approximate surface area is 200 Å². The zero-order valence-corrected chi connectivity index (χ0v) is 19.5. The minimum atomic E-state index is -0.0644. The Kier molecular flexibility index (Phi) is 7.15. The molecule has 0 aliphatic heterocycles. The van der Waals surface area contributed by atoms with E-state index in [4.69, 9.17) is 27.9 Å². The smallest absolute Gasteiger partial charge is 0.196 e. The number of aryl methyl sites for hydroxylation is 1. The van der Waals surface area contributed by atoms with Gasteiger partial charge in [0.15, 0.2) is 10.9 Å². The van der Waals surface area contributed by atoms with E-state index in [0.29, 0.717) is 27.4 Å². The van der Waals surface area contributed by atoms with E-state index in [1.54, 1.807) is 18.2 Å². The van der Waals surface area contributed by atoms with Crippen molar-refractivity contribution in [3.05, 3.63) is 99.8 Å². The number of nitrogens with zero attached hydrogens (tertiary/aromatic N) is 3. The van der Waals surface area contributed by atoms with Gasteiger partial charge in [0.25, 0.3) is 0 Å². The Balaban J connectivity index is 1.44. The third-order valence-corrected chi connectivity index (χ3v) is 6.38. The number of benzene rings is 3. The van der Waals surface area contributed by atoms with Gasteiger partial charge in [-0.05, 0) is 55.0 Å². The third kappa shape index (κ3) is 5.33. The Hall–Kier alpha value is -2.80. The minimum Gasteiger partial charge on any atom is -0.489 e. The van der Waals surface area contributed by atoms with Crippen molar-refractivity contribution < 1.29 is 9.53 Å². The van der Waals surface area contributed by atoms with Crippen LogP contribution in [-0.2, 0) is 6.61 Å². The van der Waals surface area contributed by atoms with Crippen LogP contribution in [0.2, 0.25) is 10.0 Å². The summed E-state index contributed by atoms with van der Waals surface area (Å²) in [5.41, 5.74) is 2.51. The molecule has 4 rings (SSSR count). The molecule has 0 N–H and O–H groups in total. The molecule has 4 aromatic rings. The van der Waals surface area contributed by atoms with Crippen LogP contribution in [-0.4, -0.2) is 26.3 Å². The van der Waals surface area contributed by atoms with Gasteiger partial charge in [0, 0.05) is 11.3 Å². The van der Waals surface area contributed by atoms with Crippen molar-refractivity contribution in [2.45, 2.75) is 18.7 Å². The van der Waals surface area contributed by atoms with Crippen molar-refractivity contribution in [3.63, 3.8) is 0 Å². The molecule has 0 spiro atoms. The SMILES string of the molecule is Cc1nnc(SCC(=O)c2ccc(Cl)c(Cl)c2)n1-c1ccc(OCc2ccccc2)cc1. The van der Waals surface area contributed by atoms with Crippen LogP contribution >= 0.6 is 35.0 Å². The average Bonchev–Trinajstić information content (AvgIpc) is 3.19. The molecule has 0 saturated heterocycles. The zero-order valence-electron chi connectivity index (χ0n) is 17.2. The Bertz CT molecular complexity index is 1230. The van der Waals surface area contributed by atoms with Crippen molar-refractivity contribution in [2.24, 2.45) is 0 Å². The summed E-state index contributed by atoms with van der Waals surface area (Å²) in [6, 6.07) is 22.6. The predicted molar refractivity (Wildman–Crippen MR) is 128 cm³/mol. The van der Waals surface area contributed by atoms with E-state index >= 15 is 0 Å². The molecular weight excluding hydrogens is 465 g/mol. The first-order chi connectivity index (χ1) is 15.5. The highest BCUT2D eigenvalue weighted by Crippen LogP contribution is 2.26. The number of ketones is 1. The number of halogens is 2. The maximum Gasteiger partial charge on any atom is 0.196 e. The van der Waals surface area contributed by atoms with Crippen molar-refractivity contribution in [1.82, 2.24) is 14.8 Å². The number of ether oxygens (including phenoxy) is 1. The predicted octanol–water partition coefficient (Wildman–Crippen LogP) is 6.44. The molecule has 0 unspecified atom stereocenters. The summed E-state index contributed by atoms with van der Waals surface area (Å²) in [6.45, 7) is 2.38. The molecule has 0 amide bonds. The van der Waals surface area contributed by atoms with Gasteiger partial charge >= 0.3 is 0 Å². The van der Waals surface area contributed by atoms with Crippen LogP contribution in [0.5, 0.6) is 5.75 Å². The Morgan fingerprint density at radius 1 is 0.969 bits per heavy atom. The number of carbonyl (C=O) groups excluding carboxylic acids is 1. The largest absolute Gasteiger partial charge is 0.489 e. The molecule has 0 aliphatic carbocycles. The number of hydrogen-bond donors (Lipinski definition) is 0. The lowest BCUT2D eigenvalue weighted by Crippen LogP contribution is -2.05. The van der Waals surface area contributed by atoms with Gasteiger partial charge in [-0.3, -0.25) is 9.36 Å². The number of hydrogen-bond acceptors (Lipinski definition) is 5. The summed E-state index contributed by atoms with van der Waals surface area (Å²) >= 11 is 13.3. The Morgan fingerprint density at radius 2 is 1.72 bits per heavy atom. The number of aromatic nitrogens is 3. The highest BCUT2D eigenvalue weighted by molar-refractivity contribution is 7.99. The molecule has 8 heteroatoms. The van der Waals surface area contributed by atoms with Crippen LogP contribution < -0.4 is 4.74 Å². The maximum atomic E-state index is 12.6. The normalized spacial score (nSPS) is 10.8. The lowest BCUT2D eigenvalue weighted by Gasteiger charge is -2.10. The van der Waals surface area contributed by atoms with Crippen molar-refractivity contribution in [2.75, 3.05) is 5.75 Å². The van der Waals surface area contributed by atoms with E-state index in [1.165, 1.54) is 11.8 Å². The van der Waals surface area contributed by atoms with Gasteiger partial charge in [0.1, 0.15) is 18.2 Å². The summed E-state index contributed by atoms with van der Waals surface area (Å²) in [4.78, 5) is 12.6. The molecule has 3 aromatic carbocycles. The van der Waals surface area contributed by atoms with Gasteiger partial charge in [-0.25, -0.2) is 0 Å². The van der Waals surface area contributed by atoms with Crippen LogP contribution in [0.1, 0.15) is 21.7 Å². The van der Waals surface area contributed by atoms with E-state index < -0.39 is 0 Å². The highest BCUT2D eigenvalue weighted by atomic mass is 35.5. The second-order valence-corrected chi connectivity index (χ2v) is 8.73. The molecule has 0 fully saturated rings. The lowest BCUT2D eigenvalue weighted by atomic mass is 10.1. The molecule has 0 atom stereocenters. The fraction of sp³-hybridized carbons (Fsp3) is 0.125. The second-order valence-electron chi connectivity index (χ2n) is 6.97. The zero-order chi connectivity index (χ0) is 22.5. The molecule has 0 radical (unpaired) electrons. The highest BCUT2D eigenvalue weighted by Gasteiger charge is 2.15. The van der Waals surface area contributed by atoms with Gasteiger partial charge in [-0.15, -0.1) is 10.2 Å². The lowest BCUT2D eigenvalue weighted by molar-refractivity contribution is 0.102. The topological polar surface area (TPSA) is 57.0 Å². The Morgan fingerprint density at radius 3 is 2.44 bits per heavy atom. The van der Waals surface area contributed by atoms with Crippen molar-refractivity contribution >= 4 is 40.7 Å². The van der Waals surface area contributed by atoms with E-state index in [2.05, 4.69) is 10.2 Å². The van der Waals surface area contributed by atoms with Crippen LogP contribution in [0.4, 0.5) is 0 Å². The first kappa shape index (κ1) is 22.4. The first-order valence-corrected chi connectivity index (χ1v) is 11.6. The second kappa shape index (κ2) is 10.2. The van der Waals surface area contributed by atoms with Gasteiger partial charge in [-0.2, -0.15) is 0 Å². The number of Topliss-reactive ketones (excluding diaryl/α,β-unsaturated/α-hetero) is 1. The molecule has 1 heterocycles. The molecule has 162 valence electrons. The number of thioether (sulfide) groups is 1. The fourth-order valence-corrected chi connectivity index (χ4v) is 4.24. The van der Waals surface area contributed by atoms with Crippen LogP contribution in [0.15, 0.2) is 78.0 Å². The molecule has 32 heavy (non-hydrogen) atoms. The van der Waals surface area contributed by atoms with Crippen molar-refractivity contribution in [3.8, 4) is 11.4 Å². The van der Waals surface area contributed by atoms with Crippen molar-refractivity contribution in [1.29, 1.82) is 0 Å². The van der Waals surface area contributed by atoms with Gasteiger partial charge in [-0.1, -0.05) is 65.3 Å². The summed E-state index contributed by atoms with van der Waals surface area (Å²) in [5.74, 6) is 1.64. The third-order valence-electron chi connectivity index (χ3n) is 4.71. The summed E-state index contributed by atoms with van der Waals surface area (Å²) in [5, 5.41) is 9.82. The van der Waals surface area contributed by atoms with Gasteiger partial charge in [0.2, 0.25) is 0 Å². The average molecular weight is 484 g/mol. The summed E-state index contributed by atoms with van der Waals surface area (Å²) in [7, 11) is 0. The molecule has 0 saturated carbocycles. The van der Waals surface area contributed by atoms with Crippen LogP contribution in [0, 0.1) is 6.92 Å². The maximum absolute atomic E-state index is 12.6. The number of carbonyl (C=O) groups is 1. The monoisotopic (exact) mass is 483 g/mol. The summed E-state index contributed by atoms with van der Waals surface area (Å²) in [6.07, 6.45) is 0. The first-order valence-electron chi connectivity index (χ1n) is 9.81. The summed E-state index contributed by atoms with van der Waals surface area (Å²) < 4.78 is 7.77. The number of rotatable bonds is 8. The van der Waals surface area contributed by atoms with E-state index in [1.807, 2.05) is 66.1 Å². The molecule has 0 bridgehead atoms. The fourth-order valence-electron chi connectivity index (χ4n) is 3.05. The quantitative estimate of drug-likeness (QED) is 0.213. The molecule has 1 aromatic heterocycles. The van der Waals surface area contributed by atoms with E-state index in [-0.39, 0.29) is 11.5 Å². The van der Waals surface area contributed by atoms with Crippen LogP contribution in [0.3, 0.4) is 0 Å². The van der Waals surface area contributed by atoms with Gasteiger partial charge < -0.3 is 4.74 Å². The van der Waals surface area contributed by atoms with E-state index in [0.717, 1.165) is 22.8 Å². The van der Waals surface area contributed by atoms with Crippen LogP contribution in [0.25, 0.3) is 5.69 Å². The van der Waals surface area contributed by atoms with E-state index in [9.17, 15) is 4.79 Å². The van der Waals surface area contributed by atoms with Gasteiger partial charge in [0.05, 0.1) is 15.8 Å². The molecular formula is C24H19Cl2N3O2S. The molecule has 0 aliphatic rings. The minimum absolute atomic E-state index is 0.0644. The molecule has 5 nitrogen and oxygen atoms in total.